The van der Waals surface area contributed by atoms with Crippen molar-refractivity contribution in [2.45, 2.75) is 33.2 Å². The number of nitrogens with zero attached hydrogens (tertiary/aromatic N) is 2. The van der Waals surface area contributed by atoms with Gasteiger partial charge in [0.15, 0.2) is 0 Å². The first-order chi connectivity index (χ1) is 15.5. The fraction of sp³-hybridized carbons (Fsp3) is 0.360. The van der Waals surface area contributed by atoms with E-state index in [0.717, 1.165) is 53.1 Å². The molecule has 3 aromatic rings. The molecule has 2 aromatic carbocycles. The van der Waals surface area contributed by atoms with Gasteiger partial charge in [0.1, 0.15) is 9.57 Å². The van der Waals surface area contributed by atoms with E-state index in [9.17, 15) is 9.90 Å². The molecule has 32 heavy (non-hydrogen) atoms. The second kappa shape index (κ2) is 10.3. The summed E-state index contributed by atoms with van der Waals surface area (Å²) in [4.78, 5) is 17.6. The Morgan fingerprint density at radius 3 is 2.41 bits per heavy atom. The summed E-state index contributed by atoms with van der Waals surface area (Å²) >= 11 is 5.70. The Labute approximate surface area is 202 Å². The minimum Gasteiger partial charge on any atom is -0.508 e. The average Bonchev–Trinajstić information content (AvgIpc) is 3.18. The first-order valence-corrected chi connectivity index (χ1v) is 13.5. The summed E-state index contributed by atoms with van der Waals surface area (Å²) in [6.07, 6.45) is 1.51. The van der Waals surface area contributed by atoms with Crippen LogP contribution >= 0.6 is 32.9 Å². The lowest BCUT2D eigenvalue weighted by atomic mass is 10.0. The van der Waals surface area contributed by atoms with Crippen molar-refractivity contribution < 1.29 is 9.90 Å². The molecule has 0 saturated carbocycles. The molecule has 0 radical (unpaired) electrons. The van der Waals surface area contributed by atoms with Gasteiger partial charge in [-0.05, 0) is 36.6 Å². The van der Waals surface area contributed by atoms with Crippen LogP contribution in [-0.2, 0) is 11.3 Å². The molecule has 1 amide bonds. The lowest BCUT2D eigenvalue weighted by Crippen LogP contribution is -2.48. The molecule has 168 valence electrons. The lowest BCUT2D eigenvalue weighted by Gasteiger charge is -2.35. The van der Waals surface area contributed by atoms with Crippen molar-refractivity contribution in [1.82, 2.24) is 9.80 Å². The standard InChI is InChI=1S/C25H28N2O2S3/c1-3-4-22(29)27-13-11-26(12-14-27)16-20-15-19(9-10-21(20)28)23-24(31-32-25(23)30)18-7-5-17(2)6-8-18/h5-10,15,28H,3-4,11-14,16H2,1-2H3. The van der Waals surface area contributed by atoms with E-state index in [1.165, 1.54) is 16.0 Å². The Bertz CT molecular complexity index is 1140. The number of benzene rings is 2. The van der Waals surface area contributed by atoms with E-state index >= 15 is 0 Å². The van der Waals surface area contributed by atoms with E-state index in [-0.39, 0.29) is 5.91 Å². The molecular formula is C25H28N2O2S3. The van der Waals surface area contributed by atoms with E-state index < -0.39 is 0 Å². The molecule has 0 bridgehead atoms. The van der Waals surface area contributed by atoms with E-state index in [1.807, 2.05) is 17.9 Å². The molecule has 0 aliphatic carbocycles. The number of amides is 1. The molecule has 1 N–H and O–H groups in total. The van der Waals surface area contributed by atoms with Gasteiger partial charge in [-0.25, -0.2) is 0 Å². The van der Waals surface area contributed by atoms with E-state index in [4.69, 9.17) is 12.2 Å². The highest BCUT2D eigenvalue weighted by atomic mass is 32.9. The van der Waals surface area contributed by atoms with Gasteiger partial charge >= 0.3 is 0 Å². The van der Waals surface area contributed by atoms with Crippen LogP contribution in [0.2, 0.25) is 0 Å². The molecule has 4 nitrogen and oxygen atoms in total. The van der Waals surface area contributed by atoms with Gasteiger partial charge in [0.2, 0.25) is 5.91 Å². The fourth-order valence-electron chi connectivity index (χ4n) is 4.04. The summed E-state index contributed by atoms with van der Waals surface area (Å²) in [5.74, 6) is 0.553. The number of hydrogen-bond donors (Lipinski definition) is 1. The van der Waals surface area contributed by atoms with Gasteiger partial charge in [-0.2, -0.15) is 0 Å². The van der Waals surface area contributed by atoms with Crippen LogP contribution in [0.25, 0.3) is 21.6 Å². The van der Waals surface area contributed by atoms with E-state index in [0.29, 0.717) is 18.7 Å². The minimum absolute atomic E-state index is 0.248. The Balaban J connectivity index is 1.55. The predicted molar refractivity (Wildman–Crippen MR) is 137 cm³/mol. The smallest absolute Gasteiger partial charge is 0.222 e. The van der Waals surface area contributed by atoms with Crippen LogP contribution in [-0.4, -0.2) is 47.0 Å². The highest BCUT2D eigenvalue weighted by Gasteiger charge is 2.22. The molecule has 0 spiro atoms. The number of aryl methyl sites for hydroxylation is 1. The van der Waals surface area contributed by atoms with Crippen LogP contribution < -0.4 is 0 Å². The molecule has 7 heteroatoms. The van der Waals surface area contributed by atoms with Crippen molar-refractivity contribution in [3.8, 4) is 27.3 Å². The average molecular weight is 485 g/mol. The number of phenolic OH excluding ortho intramolecular Hbond substituents is 1. The fourth-order valence-corrected chi connectivity index (χ4v) is 6.96. The van der Waals surface area contributed by atoms with Gasteiger partial charge in [0, 0.05) is 50.3 Å². The molecule has 2 heterocycles. The van der Waals surface area contributed by atoms with Crippen molar-refractivity contribution in [3.63, 3.8) is 0 Å². The highest BCUT2D eigenvalue weighted by Crippen LogP contribution is 2.42. The number of hydrogen-bond acceptors (Lipinski definition) is 6. The molecule has 0 unspecified atom stereocenters. The molecule has 4 rings (SSSR count). The maximum Gasteiger partial charge on any atom is 0.222 e. The molecule has 1 fully saturated rings. The second-order valence-electron chi connectivity index (χ2n) is 8.27. The molecule has 1 aromatic heterocycles. The van der Waals surface area contributed by atoms with Crippen LogP contribution in [0.4, 0.5) is 0 Å². The third-order valence-corrected chi connectivity index (χ3v) is 8.96. The highest BCUT2D eigenvalue weighted by molar-refractivity contribution is 7.80. The zero-order chi connectivity index (χ0) is 22.7. The summed E-state index contributed by atoms with van der Waals surface area (Å²) in [6.45, 7) is 7.93. The summed E-state index contributed by atoms with van der Waals surface area (Å²) in [5, 5.41) is 10.5. The Morgan fingerprint density at radius 1 is 1.03 bits per heavy atom. The SMILES string of the molecule is CCCC(=O)N1CCN(Cc2cc(-c3c(-c4ccc(C)cc4)ssc3=S)ccc2O)CC1. The number of aromatic hydroxyl groups is 1. The van der Waals surface area contributed by atoms with E-state index in [1.54, 1.807) is 26.7 Å². The molecule has 1 aliphatic rings. The van der Waals surface area contributed by atoms with Crippen molar-refractivity contribution in [2.24, 2.45) is 0 Å². The summed E-state index contributed by atoms with van der Waals surface area (Å²) in [6, 6.07) is 14.4. The van der Waals surface area contributed by atoms with Gasteiger partial charge in [0.05, 0.1) is 4.88 Å². The van der Waals surface area contributed by atoms with Crippen molar-refractivity contribution >= 4 is 38.8 Å². The van der Waals surface area contributed by atoms with E-state index in [2.05, 4.69) is 42.2 Å². The third-order valence-electron chi connectivity index (χ3n) is 5.90. The van der Waals surface area contributed by atoms with Gasteiger partial charge in [-0.3, -0.25) is 9.69 Å². The van der Waals surface area contributed by atoms with Crippen molar-refractivity contribution in [2.75, 3.05) is 26.2 Å². The van der Waals surface area contributed by atoms with Gasteiger partial charge in [-0.15, -0.1) is 0 Å². The summed E-state index contributed by atoms with van der Waals surface area (Å²) in [5.41, 5.74) is 5.43. The van der Waals surface area contributed by atoms with Crippen molar-refractivity contribution in [1.29, 1.82) is 0 Å². The Hall–Kier alpha value is -2.06. The van der Waals surface area contributed by atoms with Gasteiger partial charge in [0.25, 0.3) is 0 Å². The van der Waals surface area contributed by atoms with Crippen LogP contribution in [0.3, 0.4) is 0 Å². The van der Waals surface area contributed by atoms with Crippen molar-refractivity contribution in [3.05, 3.63) is 57.4 Å². The first-order valence-electron chi connectivity index (χ1n) is 11.0. The quantitative estimate of drug-likeness (QED) is 0.328. The number of rotatable bonds is 6. The number of carbonyl (C=O) groups is 1. The zero-order valence-electron chi connectivity index (χ0n) is 18.5. The monoisotopic (exact) mass is 484 g/mol. The van der Waals surface area contributed by atoms with Gasteiger partial charge in [-0.1, -0.05) is 75.7 Å². The zero-order valence-corrected chi connectivity index (χ0v) is 20.9. The third kappa shape index (κ3) is 5.12. The normalized spacial score (nSPS) is 14.6. The summed E-state index contributed by atoms with van der Waals surface area (Å²) < 4.78 is 0.880. The van der Waals surface area contributed by atoms with Crippen LogP contribution in [0, 0.1) is 10.7 Å². The first kappa shape index (κ1) is 23.1. The molecule has 1 saturated heterocycles. The Morgan fingerprint density at radius 2 is 1.72 bits per heavy atom. The molecule has 1 aliphatic heterocycles. The maximum atomic E-state index is 12.2. The van der Waals surface area contributed by atoms with Gasteiger partial charge < -0.3 is 10.0 Å². The molecule has 0 atom stereocenters. The number of carbonyl (C=O) groups excluding carboxylic acids is 1. The van der Waals surface area contributed by atoms with Crippen LogP contribution in [0.1, 0.15) is 30.9 Å². The topological polar surface area (TPSA) is 43.8 Å². The predicted octanol–water partition coefficient (Wildman–Crippen LogP) is 6.33. The van der Waals surface area contributed by atoms with Crippen LogP contribution in [0.15, 0.2) is 42.5 Å². The number of piperazine rings is 1. The largest absolute Gasteiger partial charge is 0.508 e. The lowest BCUT2D eigenvalue weighted by molar-refractivity contribution is -0.133. The van der Waals surface area contributed by atoms with Crippen LogP contribution in [0.5, 0.6) is 5.75 Å². The maximum absolute atomic E-state index is 12.2. The second-order valence-corrected chi connectivity index (χ2v) is 11.1. The Kier molecular flexibility index (Phi) is 7.40. The summed E-state index contributed by atoms with van der Waals surface area (Å²) in [7, 11) is 3.33. The minimum atomic E-state index is 0.248. The molecular weight excluding hydrogens is 456 g/mol. The number of phenols is 1.